The lowest BCUT2D eigenvalue weighted by molar-refractivity contribution is 0.0172. The van der Waals surface area contributed by atoms with E-state index in [1.807, 2.05) is 29.2 Å². The number of rotatable bonds is 7. The first-order valence-electron chi connectivity index (χ1n) is 12.9. The van der Waals surface area contributed by atoms with E-state index in [9.17, 15) is 13.2 Å². The number of hydrogen-bond acceptors (Lipinski definition) is 4. The van der Waals surface area contributed by atoms with E-state index >= 15 is 0 Å². The Balaban J connectivity index is 1.42. The Morgan fingerprint density at radius 1 is 0.943 bits per heavy atom. The molecule has 188 valence electrons. The Hall–Kier alpha value is -2.38. The van der Waals surface area contributed by atoms with Crippen molar-refractivity contribution in [3.63, 3.8) is 0 Å². The zero-order valence-electron chi connectivity index (χ0n) is 20.9. The number of nitrogens with zero attached hydrogens (tertiary/aromatic N) is 3. The number of carbonyl (C=O) groups excluding carboxylic acids is 1. The molecule has 0 aromatic heterocycles. The molecule has 0 radical (unpaired) electrons. The minimum atomic E-state index is -2.46. The molecule has 3 aliphatic rings. The maximum absolute atomic E-state index is 13.8. The highest BCUT2D eigenvalue weighted by Crippen LogP contribution is 2.50. The molecule has 1 spiro atoms. The maximum atomic E-state index is 13.8. The van der Waals surface area contributed by atoms with Crippen LogP contribution >= 0.6 is 0 Å². The van der Waals surface area contributed by atoms with E-state index < -0.39 is 10.7 Å². The van der Waals surface area contributed by atoms with Crippen LogP contribution in [0.5, 0.6) is 0 Å². The van der Waals surface area contributed by atoms with E-state index in [1.54, 1.807) is 0 Å². The van der Waals surface area contributed by atoms with Crippen LogP contribution in [0.2, 0.25) is 0 Å². The van der Waals surface area contributed by atoms with Crippen molar-refractivity contribution in [1.29, 1.82) is 0 Å². The molecule has 2 aliphatic carbocycles. The Labute approximate surface area is 210 Å². The highest BCUT2D eigenvalue weighted by Gasteiger charge is 2.55. The van der Waals surface area contributed by atoms with Gasteiger partial charge in [-0.3, -0.25) is 9.80 Å². The van der Waals surface area contributed by atoms with Crippen LogP contribution in [0.15, 0.2) is 54.6 Å². The first kappa shape index (κ1) is 24.3. The Kier molecular flexibility index (Phi) is 6.66. The molecule has 6 nitrogen and oxygen atoms in total. The lowest BCUT2D eigenvalue weighted by Crippen LogP contribution is -2.56. The Morgan fingerprint density at radius 2 is 1.60 bits per heavy atom. The van der Waals surface area contributed by atoms with Crippen molar-refractivity contribution in [3.05, 3.63) is 65.7 Å². The number of urea groups is 1. The van der Waals surface area contributed by atoms with E-state index in [1.165, 1.54) is 24.8 Å². The van der Waals surface area contributed by atoms with Crippen LogP contribution in [0.4, 0.5) is 10.5 Å². The second kappa shape index (κ2) is 9.58. The summed E-state index contributed by atoms with van der Waals surface area (Å²) in [7, 11) is 1.90. The van der Waals surface area contributed by atoms with Crippen molar-refractivity contribution in [3.8, 4) is 0 Å². The lowest BCUT2D eigenvalue weighted by Gasteiger charge is -2.51. The van der Waals surface area contributed by atoms with Gasteiger partial charge in [0.2, 0.25) is 0 Å². The van der Waals surface area contributed by atoms with Crippen LogP contribution in [-0.2, 0) is 22.0 Å². The minimum absolute atomic E-state index is 0.0121. The second-order valence-electron chi connectivity index (χ2n) is 10.9. The highest BCUT2D eigenvalue weighted by atomic mass is 32.2. The minimum Gasteiger partial charge on any atom is -0.317 e. The molecule has 5 rings (SSSR count). The van der Waals surface area contributed by atoms with Gasteiger partial charge in [0.25, 0.3) is 0 Å². The number of thiol groups is 1. The summed E-state index contributed by atoms with van der Waals surface area (Å²) in [6, 6.07) is 18.4. The van der Waals surface area contributed by atoms with Gasteiger partial charge in [-0.1, -0.05) is 48.9 Å². The molecule has 2 aromatic carbocycles. The Bertz CT molecular complexity index is 1110. The SMILES string of the molecule is CN(C)C1(c2ccccc2)CCC2(CC1)CN(c1ccc(C[SH](=O)=O)cc1)C(=O)N2CC1CCC1. The molecule has 3 fully saturated rings. The van der Waals surface area contributed by atoms with Crippen LogP contribution in [-0.4, -0.2) is 57.0 Å². The van der Waals surface area contributed by atoms with Crippen molar-refractivity contribution in [2.75, 3.05) is 32.1 Å². The molecule has 2 amide bonds. The van der Waals surface area contributed by atoms with Crippen LogP contribution in [0.1, 0.15) is 56.1 Å². The molecule has 7 heteroatoms. The fourth-order valence-corrected chi connectivity index (χ4v) is 6.94. The molecular formula is C28H37N3O3S. The van der Waals surface area contributed by atoms with Crippen molar-refractivity contribution < 1.29 is 13.2 Å². The first-order chi connectivity index (χ1) is 16.8. The number of anilines is 1. The quantitative estimate of drug-likeness (QED) is 0.570. The van der Waals surface area contributed by atoms with Gasteiger partial charge in [-0.2, -0.15) is 0 Å². The molecule has 1 heterocycles. The van der Waals surface area contributed by atoms with Gasteiger partial charge in [-0.05, 0) is 81.8 Å². The molecule has 2 saturated carbocycles. The Morgan fingerprint density at radius 3 is 2.14 bits per heavy atom. The van der Waals surface area contributed by atoms with E-state index in [0.717, 1.165) is 43.5 Å². The van der Waals surface area contributed by atoms with E-state index in [4.69, 9.17) is 0 Å². The zero-order valence-corrected chi connectivity index (χ0v) is 21.8. The number of carbonyl (C=O) groups is 1. The van der Waals surface area contributed by atoms with Gasteiger partial charge in [0, 0.05) is 17.8 Å². The van der Waals surface area contributed by atoms with Crippen molar-refractivity contribution in [2.24, 2.45) is 5.92 Å². The molecule has 0 N–H and O–H groups in total. The van der Waals surface area contributed by atoms with Gasteiger partial charge in [0.1, 0.15) is 10.7 Å². The number of hydrogen-bond donors (Lipinski definition) is 1. The third-order valence-electron chi connectivity index (χ3n) is 8.89. The summed E-state index contributed by atoms with van der Waals surface area (Å²) in [4.78, 5) is 20.3. The average Bonchev–Trinajstić information content (AvgIpc) is 3.08. The summed E-state index contributed by atoms with van der Waals surface area (Å²) in [6.07, 6.45) is 7.68. The molecule has 2 aromatic rings. The topological polar surface area (TPSA) is 60.9 Å². The van der Waals surface area contributed by atoms with E-state index in [0.29, 0.717) is 12.5 Å². The van der Waals surface area contributed by atoms with Gasteiger partial charge >= 0.3 is 6.03 Å². The molecule has 1 saturated heterocycles. The largest absolute Gasteiger partial charge is 0.325 e. The normalized spacial score (nSPS) is 27.3. The molecular weight excluding hydrogens is 458 g/mol. The molecule has 1 aliphatic heterocycles. The maximum Gasteiger partial charge on any atom is 0.325 e. The van der Waals surface area contributed by atoms with Gasteiger partial charge in [-0.15, -0.1) is 0 Å². The van der Waals surface area contributed by atoms with Crippen molar-refractivity contribution in [1.82, 2.24) is 9.80 Å². The standard InChI is InChI=1S/C28H37N3O3S/c1-29(2)28(24-9-4-3-5-10-24)17-15-27(16-18-28)21-30(26(32)31(27)19-22-7-6-8-22)25-13-11-23(12-14-25)20-35(33)34/h3-5,9-14,22,35H,6-8,15-21H2,1-2H3. The van der Waals surface area contributed by atoms with Crippen molar-refractivity contribution >= 4 is 22.4 Å². The number of benzene rings is 2. The molecule has 0 bridgehead atoms. The summed E-state index contributed by atoms with van der Waals surface area (Å²) < 4.78 is 22.2. The molecule has 35 heavy (non-hydrogen) atoms. The van der Waals surface area contributed by atoms with Crippen LogP contribution in [0.25, 0.3) is 0 Å². The third-order valence-corrected chi connectivity index (χ3v) is 9.51. The third kappa shape index (κ3) is 4.49. The van der Waals surface area contributed by atoms with E-state index in [-0.39, 0.29) is 22.9 Å². The van der Waals surface area contributed by atoms with Gasteiger partial charge < -0.3 is 4.90 Å². The van der Waals surface area contributed by atoms with Gasteiger partial charge in [0.05, 0.1) is 17.8 Å². The highest BCUT2D eigenvalue weighted by molar-refractivity contribution is 7.71. The summed E-state index contributed by atoms with van der Waals surface area (Å²) in [5.41, 5.74) is 2.82. The van der Waals surface area contributed by atoms with Crippen LogP contribution in [0, 0.1) is 5.92 Å². The predicted octanol–water partition coefficient (Wildman–Crippen LogP) is 4.61. The summed E-state index contributed by atoms with van der Waals surface area (Å²) >= 11 is 0. The summed E-state index contributed by atoms with van der Waals surface area (Å²) in [5, 5.41) is 0. The fraction of sp³-hybridized carbons (Fsp3) is 0.536. The smallest absolute Gasteiger partial charge is 0.317 e. The average molecular weight is 496 g/mol. The van der Waals surface area contributed by atoms with E-state index in [2.05, 4.69) is 54.2 Å². The van der Waals surface area contributed by atoms with Crippen molar-refractivity contribution in [2.45, 2.75) is 61.8 Å². The van der Waals surface area contributed by atoms with Gasteiger partial charge in [-0.25, -0.2) is 13.2 Å². The summed E-state index contributed by atoms with van der Waals surface area (Å²) in [5.74, 6) is 0.647. The monoisotopic (exact) mass is 495 g/mol. The van der Waals surface area contributed by atoms with Crippen LogP contribution < -0.4 is 4.90 Å². The second-order valence-corrected chi connectivity index (χ2v) is 11.9. The zero-order chi connectivity index (χ0) is 24.6. The lowest BCUT2D eigenvalue weighted by atomic mass is 9.68. The first-order valence-corrected chi connectivity index (χ1v) is 14.2. The number of amides is 2. The van der Waals surface area contributed by atoms with Gasteiger partial charge in [0.15, 0.2) is 0 Å². The predicted molar refractivity (Wildman–Crippen MR) is 140 cm³/mol. The fourth-order valence-electron chi connectivity index (χ4n) is 6.43. The molecule has 0 unspecified atom stereocenters. The molecule has 0 atom stereocenters. The van der Waals surface area contributed by atoms with Crippen LogP contribution in [0.3, 0.4) is 0 Å². The summed E-state index contributed by atoms with van der Waals surface area (Å²) in [6.45, 7) is 1.55.